The van der Waals surface area contributed by atoms with Crippen LogP contribution in [0.1, 0.15) is 43.2 Å². The SMILES string of the molecule is O=C(Oc1ccccc1)N1CCC[C@@H]1c1nc2c(=O)[nH]c(N3CCCCC3)nc2s1. The Labute approximate surface area is 177 Å². The maximum absolute atomic E-state index is 12.7. The summed E-state index contributed by atoms with van der Waals surface area (Å²) < 4.78 is 5.52. The van der Waals surface area contributed by atoms with Gasteiger partial charge < -0.3 is 9.64 Å². The number of benzene rings is 1. The van der Waals surface area contributed by atoms with Gasteiger partial charge in [0.2, 0.25) is 5.95 Å². The van der Waals surface area contributed by atoms with E-state index in [2.05, 4.69) is 19.9 Å². The average molecular weight is 426 g/mol. The van der Waals surface area contributed by atoms with Gasteiger partial charge in [0.05, 0.1) is 6.04 Å². The molecule has 30 heavy (non-hydrogen) atoms. The second-order valence-corrected chi connectivity index (χ2v) is 8.68. The molecule has 1 aromatic carbocycles. The summed E-state index contributed by atoms with van der Waals surface area (Å²) in [7, 11) is 0. The van der Waals surface area contributed by atoms with Crippen molar-refractivity contribution in [2.45, 2.75) is 38.1 Å². The molecule has 9 heteroatoms. The molecule has 2 saturated heterocycles. The number of carbonyl (C=O) groups excluding carboxylic acids is 1. The van der Waals surface area contributed by atoms with E-state index < -0.39 is 0 Å². The lowest BCUT2D eigenvalue weighted by Gasteiger charge is -2.26. The molecule has 0 radical (unpaired) electrons. The summed E-state index contributed by atoms with van der Waals surface area (Å²) in [6.07, 6.45) is 4.70. The first-order chi connectivity index (χ1) is 14.7. The van der Waals surface area contributed by atoms with E-state index in [1.54, 1.807) is 17.0 Å². The average Bonchev–Trinajstić information content (AvgIpc) is 3.42. The molecule has 1 N–H and O–H groups in total. The number of likely N-dealkylation sites (tertiary alicyclic amines) is 1. The van der Waals surface area contributed by atoms with Crippen LogP contribution in [-0.4, -0.2) is 45.6 Å². The molecule has 2 fully saturated rings. The normalized spacial score (nSPS) is 19.4. The number of H-pyrrole nitrogens is 1. The third-order valence-corrected chi connectivity index (χ3v) is 6.70. The lowest BCUT2D eigenvalue weighted by atomic mass is 10.1. The molecule has 3 aromatic rings. The zero-order valence-corrected chi connectivity index (χ0v) is 17.4. The topological polar surface area (TPSA) is 91.4 Å². The van der Waals surface area contributed by atoms with Crippen LogP contribution in [0.5, 0.6) is 5.75 Å². The van der Waals surface area contributed by atoms with Crippen LogP contribution in [0.15, 0.2) is 35.1 Å². The molecule has 5 rings (SSSR count). The van der Waals surface area contributed by atoms with Crippen molar-refractivity contribution in [1.29, 1.82) is 0 Å². The van der Waals surface area contributed by atoms with Crippen LogP contribution >= 0.6 is 11.3 Å². The standard InChI is InChI=1S/C21H23N5O3S/c27-17-16-19(24-20(23-17)25-11-5-2-6-12-25)30-18(22-16)15-10-7-13-26(15)21(28)29-14-8-3-1-4-9-14/h1,3-4,8-9,15H,2,5-7,10-13H2,(H,23,24,27)/t15-/m1/s1. The molecule has 1 atom stereocenters. The third kappa shape index (κ3) is 3.65. The predicted molar refractivity (Wildman–Crippen MR) is 115 cm³/mol. The Kier molecular flexibility index (Phi) is 5.12. The highest BCUT2D eigenvalue weighted by atomic mass is 32.1. The first-order valence-corrected chi connectivity index (χ1v) is 11.2. The first-order valence-electron chi connectivity index (χ1n) is 10.4. The molecule has 4 heterocycles. The molecular weight excluding hydrogens is 402 g/mol. The summed E-state index contributed by atoms with van der Waals surface area (Å²) in [5.74, 6) is 1.14. The van der Waals surface area contributed by atoms with Gasteiger partial charge in [-0.3, -0.25) is 14.7 Å². The first kappa shape index (κ1) is 19.0. The smallest absolute Gasteiger partial charge is 0.410 e. The van der Waals surface area contributed by atoms with Gasteiger partial charge in [0.15, 0.2) is 10.3 Å². The molecule has 0 spiro atoms. The highest BCUT2D eigenvalue weighted by Crippen LogP contribution is 2.36. The maximum Gasteiger partial charge on any atom is 0.415 e. The Balaban J connectivity index is 1.41. The van der Waals surface area contributed by atoms with Crippen LogP contribution < -0.4 is 15.2 Å². The molecule has 0 unspecified atom stereocenters. The van der Waals surface area contributed by atoms with Crippen LogP contribution in [0.3, 0.4) is 0 Å². The molecule has 0 aliphatic carbocycles. The number of carbonyl (C=O) groups is 1. The van der Waals surface area contributed by atoms with E-state index in [-0.39, 0.29) is 17.7 Å². The van der Waals surface area contributed by atoms with Gasteiger partial charge >= 0.3 is 6.09 Å². The van der Waals surface area contributed by atoms with Crippen LogP contribution in [0, 0.1) is 0 Å². The Morgan fingerprint density at radius 3 is 2.67 bits per heavy atom. The number of amides is 1. The number of aromatic amines is 1. The minimum atomic E-state index is -0.390. The number of hydrogen-bond acceptors (Lipinski definition) is 7. The van der Waals surface area contributed by atoms with Gasteiger partial charge in [0, 0.05) is 19.6 Å². The van der Waals surface area contributed by atoms with Crippen LogP contribution in [0.4, 0.5) is 10.7 Å². The molecule has 2 aliphatic rings. The number of thiazole rings is 1. The number of rotatable bonds is 3. The van der Waals surface area contributed by atoms with Crippen molar-refractivity contribution in [2.24, 2.45) is 0 Å². The summed E-state index contributed by atoms with van der Waals surface area (Å²) >= 11 is 1.40. The van der Waals surface area contributed by atoms with Crippen LogP contribution in [-0.2, 0) is 0 Å². The van der Waals surface area contributed by atoms with E-state index >= 15 is 0 Å². The van der Waals surface area contributed by atoms with Gasteiger partial charge in [-0.2, -0.15) is 0 Å². The van der Waals surface area contributed by atoms with Crippen molar-refractivity contribution in [3.63, 3.8) is 0 Å². The number of nitrogens with one attached hydrogen (secondary N) is 1. The maximum atomic E-state index is 12.7. The molecular formula is C21H23N5O3S. The number of piperidine rings is 1. The number of para-hydroxylation sites is 1. The van der Waals surface area contributed by atoms with Crippen LogP contribution in [0.25, 0.3) is 10.3 Å². The molecule has 2 aromatic heterocycles. The number of ether oxygens (including phenoxy) is 1. The zero-order valence-electron chi connectivity index (χ0n) is 16.5. The van der Waals surface area contributed by atoms with Crippen molar-refractivity contribution in [3.8, 4) is 5.75 Å². The van der Waals surface area contributed by atoms with Crippen molar-refractivity contribution >= 4 is 33.7 Å². The second kappa shape index (κ2) is 8.06. The highest BCUT2D eigenvalue weighted by Gasteiger charge is 2.34. The Hall–Kier alpha value is -2.94. The van der Waals surface area contributed by atoms with Gasteiger partial charge in [-0.05, 0) is 44.2 Å². The van der Waals surface area contributed by atoms with E-state index in [4.69, 9.17) is 4.74 Å². The van der Waals surface area contributed by atoms with Crippen molar-refractivity contribution in [1.82, 2.24) is 19.9 Å². The van der Waals surface area contributed by atoms with E-state index in [0.717, 1.165) is 43.8 Å². The fraction of sp³-hybridized carbons (Fsp3) is 0.429. The third-order valence-electron chi connectivity index (χ3n) is 5.65. The molecule has 2 aliphatic heterocycles. The summed E-state index contributed by atoms with van der Waals surface area (Å²) in [5, 5.41) is 0.737. The summed E-state index contributed by atoms with van der Waals surface area (Å²) in [6, 6.07) is 8.85. The monoisotopic (exact) mass is 425 g/mol. The predicted octanol–water partition coefficient (Wildman–Crippen LogP) is 3.71. The Morgan fingerprint density at radius 2 is 1.87 bits per heavy atom. The minimum Gasteiger partial charge on any atom is -0.410 e. The number of fused-ring (bicyclic) bond motifs is 1. The van der Waals surface area contributed by atoms with E-state index in [1.807, 2.05) is 18.2 Å². The lowest BCUT2D eigenvalue weighted by molar-refractivity contribution is 0.147. The quantitative estimate of drug-likeness (QED) is 0.688. The van der Waals surface area contributed by atoms with Gasteiger partial charge in [-0.15, -0.1) is 0 Å². The fourth-order valence-corrected chi connectivity index (χ4v) is 5.21. The van der Waals surface area contributed by atoms with E-state index in [1.165, 1.54) is 17.8 Å². The minimum absolute atomic E-state index is 0.196. The Bertz CT molecular complexity index is 1110. The number of aromatic nitrogens is 3. The van der Waals surface area contributed by atoms with Gasteiger partial charge in [-0.25, -0.2) is 14.8 Å². The van der Waals surface area contributed by atoms with Crippen molar-refractivity contribution < 1.29 is 9.53 Å². The zero-order chi connectivity index (χ0) is 20.5. The molecule has 8 nitrogen and oxygen atoms in total. The van der Waals surface area contributed by atoms with E-state index in [0.29, 0.717) is 28.6 Å². The van der Waals surface area contributed by atoms with E-state index in [9.17, 15) is 9.59 Å². The largest absolute Gasteiger partial charge is 0.415 e. The summed E-state index contributed by atoms with van der Waals surface area (Å²) in [5.41, 5.74) is 0.124. The number of anilines is 1. The molecule has 0 saturated carbocycles. The van der Waals surface area contributed by atoms with Gasteiger partial charge in [-0.1, -0.05) is 29.5 Å². The van der Waals surface area contributed by atoms with Gasteiger partial charge in [0.1, 0.15) is 10.8 Å². The summed E-state index contributed by atoms with van der Waals surface area (Å²) in [4.78, 5) is 42.0. The summed E-state index contributed by atoms with van der Waals surface area (Å²) in [6.45, 7) is 2.42. The lowest BCUT2D eigenvalue weighted by Crippen LogP contribution is -2.33. The Morgan fingerprint density at radius 1 is 1.07 bits per heavy atom. The van der Waals surface area contributed by atoms with Crippen molar-refractivity contribution in [2.75, 3.05) is 24.5 Å². The number of hydrogen-bond donors (Lipinski definition) is 1. The van der Waals surface area contributed by atoms with Gasteiger partial charge in [0.25, 0.3) is 5.56 Å². The second-order valence-electron chi connectivity index (χ2n) is 7.68. The molecule has 156 valence electrons. The number of nitrogens with zero attached hydrogens (tertiary/aromatic N) is 4. The van der Waals surface area contributed by atoms with Crippen molar-refractivity contribution in [3.05, 3.63) is 45.7 Å². The highest BCUT2D eigenvalue weighted by molar-refractivity contribution is 7.18. The van der Waals surface area contributed by atoms with Crippen LogP contribution in [0.2, 0.25) is 0 Å². The molecule has 1 amide bonds. The fourth-order valence-electron chi connectivity index (χ4n) is 4.12. The molecule has 0 bridgehead atoms.